The number of nitrogens with zero attached hydrogens (tertiary/aromatic N) is 4. The van der Waals surface area contributed by atoms with Crippen molar-refractivity contribution in [3.8, 4) is 6.07 Å². The van der Waals surface area contributed by atoms with Gasteiger partial charge in [0.05, 0.1) is 21.7 Å². The third-order valence-electron chi connectivity index (χ3n) is 9.41. The molecule has 1 atom stereocenters. The Morgan fingerprint density at radius 3 is 2.43 bits per heavy atom. The van der Waals surface area contributed by atoms with Crippen molar-refractivity contribution in [3.63, 3.8) is 0 Å². The van der Waals surface area contributed by atoms with Crippen molar-refractivity contribution in [2.24, 2.45) is 0 Å². The largest absolute Gasteiger partial charge is 0.344 e. The molecule has 2 amide bonds. The van der Waals surface area contributed by atoms with Crippen molar-refractivity contribution in [2.75, 3.05) is 53.4 Å². The summed E-state index contributed by atoms with van der Waals surface area (Å²) >= 11 is 12.7. The second-order valence-corrected chi connectivity index (χ2v) is 13.1. The van der Waals surface area contributed by atoms with Gasteiger partial charge < -0.3 is 15.1 Å². The molecule has 232 valence electrons. The number of fused-ring (bicyclic) bond motifs is 1. The van der Waals surface area contributed by atoms with Gasteiger partial charge in [0.15, 0.2) is 0 Å². The van der Waals surface area contributed by atoms with Gasteiger partial charge in [-0.2, -0.15) is 5.26 Å². The number of piperidine rings is 1. The number of benzene rings is 3. The number of hydrogen-bond acceptors (Lipinski definition) is 5. The van der Waals surface area contributed by atoms with Crippen LogP contribution in [-0.2, 0) is 4.79 Å². The van der Waals surface area contributed by atoms with E-state index in [9.17, 15) is 14.9 Å². The minimum atomic E-state index is -0.410. The van der Waals surface area contributed by atoms with E-state index in [2.05, 4.69) is 16.3 Å². The molecular weight excluding hydrogens is 593 g/mol. The molecule has 2 aliphatic heterocycles. The lowest BCUT2D eigenvalue weighted by Gasteiger charge is -2.45. The van der Waals surface area contributed by atoms with Crippen LogP contribution < -0.4 is 5.32 Å². The predicted molar refractivity (Wildman–Crippen MR) is 177 cm³/mol. The number of rotatable bonds is 10. The molecule has 0 bridgehead atoms. The molecule has 5 rings (SSSR count). The first-order chi connectivity index (χ1) is 21.2. The van der Waals surface area contributed by atoms with Crippen molar-refractivity contribution in [3.05, 3.63) is 81.3 Å². The molecule has 2 fully saturated rings. The van der Waals surface area contributed by atoms with E-state index in [0.717, 1.165) is 81.0 Å². The van der Waals surface area contributed by atoms with Gasteiger partial charge in [-0.1, -0.05) is 53.5 Å². The Hall–Kier alpha value is -3.15. The maximum Gasteiger partial charge on any atom is 0.254 e. The molecule has 0 radical (unpaired) electrons. The second kappa shape index (κ2) is 14.3. The van der Waals surface area contributed by atoms with Crippen LogP contribution in [0.1, 0.15) is 65.9 Å². The predicted octanol–water partition coefficient (Wildman–Crippen LogP) is 6.33. The van der Waals surface area contributed by atoms with Crippen LogP contribution in [-0.4, -0.2) is 85.4 Å². The highest BCUT2D eigenvalue weighted by Crippen LogP contribution is 2.33. The summed E-state index contributed by atoms with van der Waals surface area (Å²) in [5, 5.41) is 15.7. The average Bonchev–Trinajstić information content (AvgIpc) is 3.60. The first-order valence-electron chi connectivity index (χ1n) is 15.6. The zero-order valence-electron chi connectivity index (χ0n) is 25.6. The van der Waals surface area contributed by atoms with Gasteiger partial charge >= 0.3 is 0 Å². The van der Waals surface area contributed by atoms with Crippen molar-refractivity contribution in [2.45, 2.75) is 50.0 Å². The first-order valence-corrected chi connectivity index (χ1v) is 16.3. The summed E-state index contributed by atoms with van der Waals surface area (Å²) in [6.45, 7) is 4.79. The molecular formula is C35H41Cl2N5O2. The van der Waals surface area contributed by atoms with E-state index in [-0.39, 0.29) is 17.7 Å². The lowest BCUT2D eigenvalue weighted by molar-refractivity contribution is -0.145. The molecule has 7 nitrogen and oxygen atoms in total. The standard InChI is InChI=1S/C35H41Cl2N5O2/c1-40(34(44)35(13-15-39-16-14-35)42-18-5-6-19-42)17-7-9-28(26-11-12-31(36)32(37)22-26)24-41(2)33(43)30-21-25(23-38)20-27-8-3-4-10-29(27)30/h3-4,8,10-12,20-22,28,39H,5-7,9,13-19,24H2,1-2H3. The van der Waals surface area contributed by atoms with Gasteiger partial charge in [0.2, 0.25) is 5.91 Å². The van der Waals surface area contributed by atoms with E-state index in [1.807, 2.05) is 48.3 Å². The number of likely N-dealkylation sites (tertiary alicyclic amines) is 1. The fourth-order valence-electron chi connectivity index (χ4n) is 6.98. The van der Waals surface area contributed by atoms with E-state index in [1.54, 1.807) is 30.1 Å². The van der Waals surface area contributed by atoms with Gasteiger partial charge in [-0.05, 0) is 105 Å². The smallest absolute Gasteiger partial charge is 0.254 e. The highest BCUT2D eigenvalue weighted by Gasteiger charge is 2.46. The van der Waals surface area contributed by atoms with Crippen LogP contribution in [0.15, 0.2) is 54.6 Å². The molecule has 3 aromatic rings. The van der Waals surface area contributed by atoms with E-state index in [4.69, 9.17) is 23.2 Å². The quantitative estimate of drug-likeness (QED) is 0.282. The molecule has 2 heterocycles. The zero-order valence-corrected chi connectivity index (χ0v) is 27.1. The van der Waals surface area contributed by atoms with Gasteiger partial charge in [0.25, 0.3) is 5.91 Å². The average molecular weight is 635 g/mol. The molecule has 1 unspecified atom stereocenters. The van der Waals surface area contributed by atoms with Gasteiger partial charge in [0, 0.05) is 38.7 Å². The summed E-state index contributed by atoms with van der Waals surface area (Å²) < 4.78 is 0. The van der Waals surface area contributed by atoms with Crippen LogP contribution in [0.5, 0.6) is 0 Å². The maximum absolute atomic E-state index is 14.0. The summed E-state index contributed by atoms with van der Waals surface area (Å²) in [7, 11) is 3.73. The second-order valence-electron chi connectivity index (χ2n) is 12.3. The Balaban J connectivity index is 1.32. The molecule has 2 saturated heterocycles. The third-order valence-corrected chi connectivity index (χ3v) is 10.1. The number of carbonyl (C=O) groups excluding carboxylic acids is 2. The lowest BCUT2D eigenvalue weighted by atomic mass is 9.85. The van der Waals surface area contributed by atoms with E-state index < -0.39 is 5.54 Å². The SMILES string of the molecule is CN(CC(CCCN(C)C(=O)C1(N2CCCC2)CCNCC1)c1ccc(Cl)c(Cl)c1)C(=O)c1cc(C#N)cc2ccccc12. The van der Waals surface area contributed by atoms with Crippen molar-refractivity contribution in [1.29, 1.82) is 5.26 Å². The van der Waals surface area contributed by atoms with Crippen LogP contribution in [0.4, 0.5) is 0 Å². The molecule has 0 saturated carbocycles. The summed E-state index contributed by atoms with van der Waals surface area (Å²) in [4.78, 5) is 33.9. The number of nitrogens with one attached hydrogen (secondary N) is 1. The lowest BCUT2D eigenvalue weighted by Crippen LogP contribution is -2.62. The van der Waals surface area contributed by atoms with Crippen LogP contribution in [0.25, 0.3) is 10.8 Å². The van der Waals surface area contributed by atoms with Crippen LogP contribution in [0.2, 0.25) is 10.0 Å². The maximum atomic E-state index is 14.0. The van der Waals surface area contributed by atoms with E-state index in [1.165, 1.54) is 0 Å². The topological polar surface area (TPSA) is 79.7 Å². The van der Waals surface area contributed by atoms with Crippen molar-refractivity contribution in [1.82, 2.24) is 20.0 Å². The Bertz CT molecular complexity index is 1540. The molecule has 44 heavy (non-hydrogen) atoms. The number of halogens is 2. The Kier molecular flexibility index (Phi) is 10.5. The zero-order chi connectivity index (χ0) is 31.3. The monoisotopic (exact) mass is 633 g/mol. The third kappa shape index (κ3) is 6.89. The van der Waals surface area contributed by atoms with E-state index >= 15 is 0 Å². The minimum absolute atomic E-state index is 0.0287. The summed E-state index contributed by atoms with van der Waals surface area (Å²) in [5.74, 6) is 0.0525. The fraction of sp³-hybridized carbons (Fsp3) is 0.457. The highest BCUT2D eigenvalue weighted by molar-refractivity contribution is 6.42. The Morgan fingerprint density at radius 2 is 1.73 bits per heavy atom. The molecule has 3 aromatic carbocycles. The molecule has 0 aromatic heterocycles. The molecule has 0 aliphatic carbocycles. The molecule has 9 heteroatoms. The van der Waals surface area contributed by atoms with E-state index in [0.29, 0.717) is 34.3 Å². The number of amides is 2. The Labute approximate surface area is 270 Å². The van der Waals surface area contributed by atoms with Crippen LogP contribution in [0, 0.1) is 11.3 Å². The van der Waals surface area contributed by atoms with Gasteiger partial charge in [-0.15, -0.1) is 0 Å². The van der Waals surface area contributed by atoms with Crippen molar-refractivity contribution >= 4 is 45.8 Å². The van der Waals surface area contributed by atoms with Gasteiger partial charge in [0.1, 0.15) is 5.54 Å². The minimum Gasteiger partial charge on any atom is -0.344 e. The highest BCUT2D eigenvalue weighted by atomic mass is 35.5. The number of carbonyl (C=O) groups is 2. The molecule has 1 N–H and O–H groups in total. The normalized spacial score (nSPS) is 17.2. The fourth-order valence-corrected chi connectivity index (χ4v) is 7.29. The molecule has 0 spiro atoms. The summed E-state index contributed by atoms with van der Waals surface area (Å²) in [6, 6.07) is 18.9. The Morgan fingerprint density at radius 1 is 1.00 bits per heavy atom. The number of likely N-dealkylation sites (N-methyl/N-ethyl adjacent to an activating group) is 2. The summed E-state index contributed by atoms with van der Waals surface area (Å²) in [6.07, 6.45) is 5.52. The first kappa shape index (κ1) is 32.2. The van der Waals surface area contributed by atoms with Crippen LogP contribution >= 0.6 is 23.2 Å². The summed E-state index contributed by atoms with van der Waals surface area (Å²) in [5.41, 5.74) is 1.55. The van der Waals surface area contributed by atoms with Crippen LogP contribution in [0.3, 0.4) is 0 Å². The number of nitriles is 1. The van der Waals surface area contributed by atoms with Crippen molar-refractivity contribution < 1.29 is 9.59 Å². The molecule has 2 aliphatic rings. The number of hydrogen-bond donors (Lipinski definition) is 1. The van der Waals surface area contributed by atoms with Gasteiger partial charge in [-0.3, -0.25) is 14.5 Å². The van der Waals surface area contributed by atoms with Gasteiger partial charge in [-0.25, -0.2) is 0 Å².